The Bertz CT molecular complexity index is 403. The molecule has 0 saturated heterocycles. The average Bonchev–Trinajstić information content (AvgIpc) is 2.45. The third-order valence-electron chi connectivity index (χ3n) is 3.26. The van der Waals surface area contributed by atoms with Crippen LogP contribution in [0.2, 0.25) is 0 Å². The first kappa shape index (κ1) is 18.4. The Balaban J connectivity index is 2.77. The van der Waals surface area contributed by atoms with Crippen LogP contribution in [0.1, 0.15) is 32.4 Å². The van der Waals surface area contributed by atoms with Gasteiger partial charge >= 0.3 is 0 Å². The molecule has 1 aromatic carbocycles. The Morgan fingerprint density at radius 3 is 2.14 bits per heavy atom. The zero-order chi connectivity index (χ0) is 15.7. The van der Waals surface area contributed by atoms with Crippen molar-refractivity contribution in [1.29, 1.82) is 0 Å². The first-order valence-corrected chi connectivity index (χ1v) is 8.34. The average molecular weight is 359 g/mol. The monoisotopic (exact) mass is 358 g/mol. The first-order valence-electron chi connectivity index (χ1n) is 7.55. The summed E-state index contributed by atoms with van der Waals surface area (Å²) in [6.07, 6.45) is 0. The molecule has 2 N–H and O–H groups in total. The SMILES string of the molecule is CCOCCN(CCOCC)c1ccc(C(C)N)c(Br)c1. The number of anilines is 1. The van der Waals surface area contributed by atoms with Crippen molar-refractivity contribution >= 4 is 21.6 Å². The van der Waals surface area contributed by atoms with Crippen LogP contribution in [0.5, 0.6) is 0 Å². The van der Waals surface area contributed by atoms with Crippen LogP contribution in [0.4, 0.5) is 5.69 Å². The topological polar surface area (TPSA) is 47.7 Å². The molecule has 0 aromatic heterocycles. The largest absolute Gasteiger partial charge is 0.380 e. The quantitative estimate of drug-likeness (QED) is 0.651. The molecule has 5 heteroatoms. The maximum atomic E-state index is 5.95. The third kappa shape index (κ3) is 6.34. The van der Waals surface area contributed by atoms with Gasteiger partial charge in [-0.3, -0.25) is 0 Å². The van der Waals surface area contributed by atoms with Crippen LogP contribution in [0, 0.1) is 0 Å². The Hall–Kier alpha value is -0.620. The maximum Gasteiger partial charge on any atom is 0.0641 e. The lowest BCUT2D eigenvalue weighted by Crippen LogP contribution is -2.31. The number of rotatable bonds is 10. The molecule has 0 saturated carbocycles. The second kappa shape index (κ2) is 10.2. The molecule has 1 rings (SSSR count). The first-order chi connectivity index (χ1) is 10.1. The number of nitrogens with two attached hydrogens (primary N) is 1. The van der Waals surface area contributed by atoms with Gasteiger partial charge in [-0.1, -0.05) is 22.0 Å². The van der Waals surface area contributed by atoms with E-state index in [-0.39, 0.29) is 6.04 Å². The minimum Gasteiger partial charge on any atom is -0.380 e. The van der Waals surface area contributed by atoms with Crippen molar-refractivity contribution < 1.29 is 9.47 Å². The van der Waals surface area contributed by atoms with Crippen molar-refractivity contribution in [1.82, 2.24) is 0 Å². The van der Waals surface area contributed by atoms with Gasteiger partial charge in [0.2, 0.25) is 0 Å². The standard InChI is InChI=1S/C16H27BrN2O2/c1-4-20-10-8-19(9-11-21-5-2)14-6-7-15(13(3)18)16(17)12-14/h6-7,12-13H,4-5,8-11,18H2,1-3H3. The second-order valence-corrected chi connectivity index (χ2v) is 5.73. The highest BCUT2D eigenvalue weighted by molar-refractivity contribution is 9.10. The zero-order valence-electron chi connectivity index (χ0n) is 13.3. The van der Waals surface area contributed by atoms with E-state index in [2.05, 4.69) is 39.0 Å². The Morgan fingerprint density at radius 2 is 1.71 bits per heavy atom. The fourth-order valence-corrected chi connectivity index (χ4v) is 2.82. The van der Waals surface area contributed by atoms with E-state index in [1.54, 1.807) is 0 Å². The molecule has 1 atom stereocenters. The zero-order valence-corrected chi connectivity index (χ0v) is 14.9. The van der Waals surface area contributed by atoms with Crippen LogP contribution in [-0.4, -0.2) is 39.5 Å². The van der Waals surface area contributed by atoms with Gasteiger partial charge in [0.25, 0.3) is 0 Å². The molecule has 1 aromatic rings. The predicted octanol–water partition coefficient (Wildman–Crippen LogP) is 3.35. The summed E-state index contributed by atoms with van der Waals surface area (Å²) >= 11 is 3.61. The van der Waals surface area contributed by atoms with Gasteiger partial charge in [-0.2, -0.15) is 0 Å². The van der Waals surface area contributed by atoms with Crippen molar-refractivity contribution in [3.8, 4) is 0 Å². The normalized spacial score (nSPS) is 12.4. The molecule has 0 heterocycles. The molecule has 0 aliphatic heterocycles. The van der Waals surface area contributed by atoms with E-state index in [1.807, 2.05) is 20.8 Å². The van der Waals surface area contributed by atoms with Crippen LogP contribution in [-0.2, 0) is 9.47 Å². The molecule has 0 radical (unpaired) electrons. The molecule has 1 unspecified atom stereocenters. The molecular weight excluding hydrogens is 332 g/mol. The number of benzene rings is 1. The van der Waals surface area contributed by atoms with Crippen LogP contribution in [0.25, 0.3) is 0 Å². The number of ether oxygens (including phenoxy) is 2. The van der Waals surface area contributed by atoms with Gasteiger partial charge in [0.1, 0.15) is 0 Å². The summed E-state index contributed by atoms with van der Waals surface area (Å²) in [7, 11) is 0. The molecule has 4 nitrogen and oxygen atoms in total. The minimum absolute atomic E-state index is 0.0220. The molecule has 0 aliphatic carbocycles. The van der Waals surface area contributed by atoms with E-state index in [0.717, 1.165) is 55.2 Å². The number of hydrogen-bond acceptors (Lipinski definition) is 4. The lowest BCUT2D eigenvalue weighted by Gasteiger charge is -2.25. The predicted molar refractivity (Wildman–Crippen MR) is 91.9 cm³/mol. The lowest BCUT2D eigenvalue weighted by molar-refractivity contribution is 0.141. The molecule has 0 aliphatic rings. The summed E-state index contributed by atoms with van der Waals surface area (Å²) in [4.78, 5) is 2.28. The summed E-state index contributed by atoms with van der Waals surface area (Å²) in [5.74, 6) is 0. The van der Waals surface area contributed by atoms with Crippen molar-refractivity contribution in [2.75, 3.05) is 44.4 Å². The van der Waals surface area contributed by atoms with Gasteiger partial charge in [0, 0.05) is 42.5 Å². The van der Waals surface area contributed by atoms with E-state index in [4.69, 9.17) is 15.2 Å². The van der Waals surface area contributed by atoms with Gasteiger partial charge in [-0.25, -0.2) is 0 Å². The van der Waals surface area contributed by atoms with Crippen LogP contribution in [0.3, 0.4) is 0 Å². The van der Waals surface area contributed by atoms with E-state index in [1.165, 1.54) is 0 Å². The fraction of sp³-hybridized carbons (Fsp3) is 0.625. The van der Waals surface area contributed by atoms with Gasteiger partial charge in [-0.15, -0.1) is 0 Å². The van der Waals surface area contributed by atoms with E-state index >= 15 is 0 Å². The van der Waals surface area contributed by atoms with E-state index < -0.39 is 0 Å². The van der Waals surface area contributed by atoms with Crippen molar-refractivity contribution in [3.63, 3.8) is 0 Å². The smallest absolute Gasteiger partial charge is 0.0641 e. The highest BCUT2D eigenvalue weighted by atomic mass is 79.9. The molecule has 0 amide bonds. The maximum absolute atomic E-state index is 5.95. The van der Waals surface area contributed by atoms with Gasteiger partial charge in [0.05, 0.1) is 13.2 Å². The number of halogens is 1. The summed E-state index contributed by atoms with van der Waals surface area (Å²) < 4.78 is 12.0. The number of hydrogen-bond donors (Lipinski definition) is 1. The third-order valence-corrected chi connectivity index (χ3v) is 3.95. The summed E-state index contributed by atoms with van der Waals surface area (Å²) in [5, 5.41) is 0. The minimum atomic E-state index is 0.0220. The Kier molecular flexibility index (Phi) is 8.92. The van der Waals surface area contributed by atoms with Crippen LogP contribution >= 0.6 is 15.9 Å². The molecule has 0 fully saturated rings. The summed E-state index contributed by atoms with van der Waals surface area (Å²) in [6.45, 7) is 10.6. The molecule has 0 bridgehead atoms. The van der Waals surface area contributed by atoms with Crippen molar-refractivity contribution in [2.45, 2.75) is 26.8 Å². The van der Waals surface area contributed by atoms with E-state index in [0.29, 0.717) is 0 Å². The van der Waals surface area contributed by atoms with Crippen LogP contribution in [0.15, 0.2) is 22.7 Å². The van der Waals surface area contributed by atoms with Gasteiger partial charge < -0.3 is 20.1 Å². The number of nitrogens with zero attached hydrogens (tertiary/aromatic N) is 1. The van der Waals surface area contributed by atoms with Crippen molar-refractivity contribution in [2.24, 2.45) is 5.73 Å². The summed E-state index contributed by atoms with van der Waals surface area (Å²) in [6, 6.07) is 6.34. The molecular formula is C16H27BrN2O2. The highest BCUT2D eigenvalue weighted by Gasteiger charge is 2.10. The van der Waals surface area contributed by atoms with Gasteiger partial charge in [0.15, 0.2) is 0 Å². The van der Waals surface area contributed by atoms with E-state index in [9.17, 15) is 0 Å². The molecule has 21 heavy (non-hydrogen) atoms. The lowest BCUT2D eigenvalue weighted by atomic mass is 10.1. The van der Waals surface area contributed by atoms with Gasteiger partial charge in [-0.05, 0) is 38.5 Å². The summed E-state index contributed by atoms with van der Waals surface area (Å²) in [5.41, 5.74) is 8.23. The Morgan fingerprint density at radius 1 is 1.14 bits per heavy atom. The highest BCUT2D eigenvalue weighted by Crippen LogP contribution is 2.27. The Labute approximate surface area is 136 Å². The molecule has 120 valence electrons. The van der Waals surface area contributed by atoms with Crippen molar-refractivity contribution in [3.05, 3.63) is 28.2 Å². The van der Waals surface area contributed by atoms with Crippen LogP contribution < -0.4 is 10.6 Å². The fourth-order valence-electron chi connectivity index (χ4n) is 2.09. The second-order valence-electron chi connectivity index (χ2n) is 4.88. The molecule has 0 spiro atoms.